The molecule has 0 spiro atoms. The Morgan fingerprint density at radius 2 is 2.25 bits per heavy atom. The van der Waals surface area contributed by atoms with Gasteiger partial charge in [-0.3, -0.25) is 4.79 Å². The van der Waals surface area contributed by atoms with E-state index >= 15 is 0 Å². The Hall–Kier alpha value is -0.980. The maximum atomic E-state index is 11.9. The highest BCUT2D eigenvalue weighted by Crippen LogP contribution is 2.20. The van der Waals surface area contributed by atoms with Gasteiger partial charge in [-0.05, 0) is 0 Å². The lowest BCUT2D eigenvalue weighted by molar-refractivity contribution is -0.123. The summed E-state index contributed by atoms with van der Waals surface area (Å²) in [6, 6.07) is 0. The third kappa shape index (κ3) is 4.26. The van der Waals surface area contributed by atoms with Gasteiger partial charge in [-0.15, -0.1) is 11.3 Å². The van der Waals surface area contributed by atoms with Crippen LogP contribution in [-0.4, -0.2) is 41.4 Å². The second-order valence-corrected chi connectivity index (χ2v) is 6.51. The van der Waals surface area contributed by atoms with E-state index < -0.39 is 5.60 Å². The van der Waals surface area contributed by atoms with Crippen molar-refractivity contribution in [2.75, 3.05) is 19.8 Å². The molecule has 0 atom stereocenters. The van der Waals surface area contributed by atoms with Crippen LogP contribution in [-0.2, 0) is 16.0 Å². The largest absolute Gasteiger partial charge is 0.388 e. The summed E-state index contributed by atoms with van der Waals surface area (Å²) in [7, 11) is 0. The van der Waals surface area contributed by atoms with Gasteiger partial charge < -0.3 is 15.2 Å². The van der Waals surface area contributed by atoms with Gasteiger partial charge in [-0.2, -0.15) is 0 Å². The van der Waals surface area contributed by atoms with Crippen LogP contribution >= 0.6 is 11.3 Å². The van der Waals surface area contributed by atoms with Gasteiger partial charge in [0.25, 0.3) is 0 Å². The molecular weight excluding hydrogens is 276 g/mol. The molecule has 112 valence electrons. The molecule has 2 N–H and O–H groups in total. The van der Waals surface area contributed by atoms with E-state index in [4.69, 9.17) is 4.74 Å². The van der Waals surface area contributed by atoms with E-state index in [0.717, 1.165) is 10.7 Å². The van der Waals surface area contributed by atoms with Gasteiger partial charge in [0.05, 0.1) is 22.7 Å². The van der Waals surface area contributed by atoms with E-state index in [2.05, 4.69) is 24.1 Å². The summed E-state index contributed by atoms with van der Waals surface area (Å²) in [6.07, 6.45) is 1.42. The van der Waals surface area contributed by atoms with Gasteiger partial charge in [-0.1, -0.05) is 13.8 Å². The molecule has 0 radical (unpaired) electrons. The minimum atomic E-state index is -0.820. The van der Waals surface area contributed by atoms with Crippen LogP contribution in [0.25, 0.3) is 0 Å². The first kappa shape index (κ1) is 15.4. The molecule has 6 heteroatoms. The normalized spacial score (nSPS) is 18.2. The highest BCUT2D eigenvalue weighted by molar-refractivity contribution is 7.09. The fourth-order valence-electron chi connectivity index (χ4n) is 2.09. The zero-order valence-electron chi connectivity index (χ0n) is 12.0. The van der Waals surface area contributed by atoms with Gasteiger partial charge in [-0.25, -0.2) is 4.98 Å². The third-order valence-corrected chi connectivity index (χ3v) is 4.64. The number of nitrogens with one attached hydrogen (secondary N) is 1. The fourth-order valence-corrected chi connectivity index (χ4v) is 2.92. The van der Waals surface area contributed by atoms with Gasteiger partial charge >= 0.3 is 0 Å². The maximum Gasteiger partial charge on any atom is 0.226 e. The van der Waals surface area contributed by atoms with Crippen LogP contribution in [0.1, 0.15) is 43.3 Å². The summed E-state index contributed by atoms with van der Waals surface area (Å²) in [5.74, 6) is 0.297. The summed E-state index contributed by atoms with van der Waals surface area (Å²) < 4.78 is 5.21. The van der Waals surface area contributed by atoms with Crippen LogP contribution in [0.4, 0.5) is 0 Å². The van der Waals surface area contributed by atoms with Crippen molar-refractivity contribution in [2.24, 2.45) is 0 Å². The standard InChI is InChI=1S/C14H22N2O3S/c1-10(2)13-16-11(8-20-13)7-12(17)15-9-14(18)3-5-19-6-4-14/h8,10,18H,3-7,9H2,1-2H3,(H,15,17). The SMILES string of the molecule is CC(C)c1nc(CC(=O)NCC2(O)CCOCC2)cs1. The summed E-state index contributed by atoms with van der Waals surface area (Å²) in [6.45, 7) is 5.56. The molecule has 1 amide bonds. The van der Waals surface area contributed by atoms with Crippen LogP contribution in [0.15, 0.2) is 5.38 Å². The Labute approximate surface area is 123 Å². The number of thiazole rings is 1. The van der Waals surface area contributed by atoms with Crippen molar-refractivity contribution in [1.82, 2.24) is 10.3 Å². The number of amides is 1. The van der Waals surface area contributed by atoms with Crippen LogP contribution in [0.2, 0.25) is 0 Å². The van der Waals surface area contributed by atoms with E-state index in [1.54, 1.807) is 11.3 Å². The van der Waals surface area contributed by atoms with Crippen molar-refractivity contribution in [3.63, 3.8) is 0 Å². The average Bonchev–Trinajstić information content (AvgIpc) is 2.86. The van der Waals surface area contributed by atoms with Crippen LogP contribution in [0.5, 0.6) is 0 Å². The molecule has 2 rings (SSSR count). The zero-order chi connectivity index (χ0) is 14.6. The van der Waals surface area contributed by atoms with E-state index in [1.165, 1.54) is 0 Å². The predicted octanol–water partition coefficient (Wildman–Crippen LogP) is 1.47. The van der Waals surface area contributed by atoms with E-state index in [1.807, 2.05) is 5.38 Å². The highest BCUT2D eigenvalue weighted by atomic mass is 32.1. The molecular formula is C14H22N2O3S. The second-order valence-electron chi connectivity index (χ2n) is 5.62. The highest BCUT2D eigenvalue weighted by Gasteiger charge is 2.30. The summed E-state index contributed by atoms with van der Waals surface area (Å²) in [4.78, 5) is 16.3. The first-order valence-corrected chi connectivity index (χ1v) is 7.88. The lowest BCUT2D eigenvalue weighted by Crippen LogP contribution is -2.46. The van der Waals surface area contributed by atoms with Crippen LogP contribution in [0, 0.1) is 0 Å². The Morgan fingerprint density at radius 1 is 1.55 bits per heavy atom. The fraction of sp³-hybridized carbons (Fsp3) is 0.714. The first-order chi connectivity index (χ1) is 9.48. The summed E-state index contributed by atoms with van der Waals surface area (Å²) in [5, 5.41) is 16.0. The minimum Gasteiger partial charge on any atom is -0.388 e. The van der Waals surface area contributed by atoms with Gasteiger partial charge in [0.15, 0.2) is 0 Å². The van der Waals surface area contributed by atoms with Gasteiger partial charge in [0.2, 0.25) is 5.91 Å². The lowest BCUT2D eigenvalue weighted by atomic mass is 9.94. The average molecular weight is 298 g/mol. The number of nitrogens with zero attached hydrogens (tertiary/aromatic N) is 1. The van der Waals surface area contributed by atoms with Gasteiger partial charge in [0, 0.05) is 43.9 Å². The number of carbonyl (C=O) groups is 1. The monoisotopic (exact) mass is 298 g/mol. The zero-order valence-corrected chi connectivity index (χ0v) is 12.8. The van der Waals surface area contributed by atoms with Gasteiger partial charge in [0.1, 0.15) is 0 Å². The molecule has 20 heavy (non-hydrogen) atoms. The number of aromatic nitrogens is 1. The number of carbonyl (C=O) groups excluding carboxylic acids is 1. The summed E-state index contributed by atoms with van der Waals surface area (Å²) >= 11 is 1.59. The Balaban J connectivity index is 1.79. The molecule has 1 fully saturated rings. The van der Waals surface area contributed by atoms with E-state index in [-0.39, 0.29) is 18.9 Å². The number of rotatable bonds is 5. The molecule has 0 aliphatic carbocycles. The molecule has 0 saturated carbocycles. The number of ether oxygens (including phenoxy) is 1. The second kappa shape index (κ2) is 6.65. The molecule has 1 aromatic rings. The molecule has 0 bridgehead atoms. The number of aliphatic hydroxyl groups is 1. The Kier molecular flexibility index (Phi) is 5.12. The van der Waals surface area contributed by atoms with E-state index in [9.17, 15) is 9.90 Å². The lowest BCUT2D eigenvalue weighted by Gasteiger charge is -2.32. The summed E-state index contributed by atoms with van der Waals surface area (Å²) in [5.41, 5.74) is -0.0193. The topological polar surface area (TPSA) is 71.5 Å². The molecule has 1 aliphatic rings. The smallest absolute Gasteiger partial charge is 0.226 e. The molecule has 1 aliphatic heterocycles. The molecule has 0 aromatic carbocycles. The van der Waals surface area contributed by atoms with Crippen molar-refractivity contribution in [1.29, 1.82) is 0 Å². The molecule has 5 nitrogen and oxygen atoms in total. The Bertz CT molecular complexity index is 453. The number of hydrogen-bond donors (Lipinski definition) is 2. The van der Waals surface area contributed by atoms with Crippen molar-refractivity contribution < 1.29 is 14.6 Å². The van der Waals surface area contributed by atoms with Crippen LogP contribution in [0.3, 0.4) is 0 Å². The van der Waals surface area contributed by atoms with Crippen molar-refractivity contribution in [3.05, 3.63) is 16.1 Å². The molecule has 1 aromatic heterocycles. The van der Waals surface area contributed by atoms with Crippen LogP contribution < -0.4 is 5.32 Å². The molecule has 2 heterocycles. The minimum absolute atomic E-state index is 0.0921. The first-order valence-electron chi connectivity index (χ1n) is 7.00. The Morgan fingerprint density at radius 3 is 2.85 bits per heavy atom. The van der Waals surface area contributed by atoms with Crippen molar-refractivity contribution >= 4 is 17.2 Å². The third-order valence-electron chi connectivity index (χ3n) is 3.44. The number of hydrogen-bond acceptors (Lipinski definition) is 5. The quantitative estimate of drug-likeness (QED) is 0.863. The maximum absolute atomic E-state index is 11.9. The predicted molar refractivity (Wildman–Crippen MR) is 77.9 cm³/mol. The molecule has 1 saturated heterocycles. The van der Waals surface area contributed by atoms with E-state index in [0.29, 0.717) is 32.0 Å². The van der Waals surface area contributed by atoms with Crippen molar-refractivity contribution in [3.8, 4) is 0 Å². The van der Waals surface area contributed by atoms with Crippen molar-refractivity contribution in [2.45, 2.75) is 44.6 Å². The molecule has 0 unspecified atom stereocenters.